The second-order valence-corrected chi connectivity index (χ2v) is 4.73. The van der Waals surface area contributed by atoms with Crippen molar-refractivity contribution >= 4 is 15.9 Å². The molecule has 18 heavy (non-hydrogen) atoms. The second kappa shape index (κ2) is 4.78. The van der Waals surface area contributed by atoms with Gasteiger partial charge in [-0.3, -0.25) is 4.98 Å². The zero-order chi connectivity index (χ0) is 12.4. The van der Waals surface area contributed by atoms with E-state index in [1.54, 1.807) is 18.7 Å². The van der Waals surface area contributed by atoms with Crippen molar-refractivity contribution in [3.63, 3.8) is 0 Å². The van der Waals surface area contributed by atoms with Crippen molar-refractivity contribution in [3.8, 4) is 22.5 Å². The van der Waals surface area contributed by atoms with Gasteiger partial charge in [0.05, 0.1) is 6.26 Å². The maximum Gasteiger partial charge on any atom is 0.134 e. The van der Waals surface area contributed by atoms with Crippen LogP contribution in [0.25, 0.3) is 22.5 Å². The number of rotatable bonds is 2. The van der Waals surface area contributed by atoms with E-state index in [-0.39, 0.29) is 0 Å². The van der Waals surface area contributed by atoms with Crippen LogP contribution in [0.3, 0.4) is 0 Å². The maximum absolute atomic E-state index is 5.50. The molecule has 0 aliphatic rings. The first-order chi connectivity index (χ1) is 8.86. The highest BCUT2D eigenvalue weighted by molar-refractivity contribution is 9.10. The summed E-state index contributed by atoms with van der Waals surface area (Å²) in [4.78, 5) is 4.05. The van der Waals surface area contributed by atoms with Gasteiger partial charge in [0.15, 0.2) is 0 Å². The molecular formula is C15H10BrNO. The standard InChI is InChI=1S/C15H10BrNO/c16-13-4-1-3-12(14-5-2-10-18-14)15(13)11-6-8-17-9-7-11/h1-10H. The molecule has 3 aromatic rings. The van der Waals surface area contributed by atoms with Gasteiger partial charge in [-0.25, -0.2) is 0 Å². The largest absolute Gasteiger partial charge is 0.464 e. The van der Waals surface area contributed by atoms with Crippen LogP contribution in [0.15, 0.2) is 70.0 Å². The van der Waals surface area contributed by atoms with E-state index in [0.717, 1.165) is 26.9 Å². The summed E-state index contributed by atoms with van der Waals surface area (Å²) in [6, 6.07) is 13.9. The number of benzene rings is 1. The van der Waals surface area contributed by atoms with E-state index in [4.69, 9.17) is 4.42 Å². The predicted molar refractivity (Wildman–Crippen MR) is 75.1 cm³/mol. The van der Waals surface area contributed by atoms with Crippen LogP contribution in [-0.4, -0.2) is 4.98 Å². The van der Waals surface area contributed by atoms with Crippen LogP contribution >= 0.6 is 15.9 Å². The fraction of sp³-hybridized carbons (Fsp3) is 0. The molecule has 3 heteroatoms. The molecule has 0 amide bonds. The molecule has 0 unspecified atom stereocenters. The van der Waals surface area contributed by atoms with Gasteiger partial charge in [0.2, 0.25) is 0 Å². The first kappa shape index (κ1) is 11.2. The van der Waals surface area contributed by atoms with Crippen molar-refractivity contribution < 1.29 is 4.42 Å². The predicted octanol–water partition coefficient (Wildman–Crippen LogP) is 4.77. The summed E-state index contributed by atoms with van der Waals surface area (Å²) in [6.45, 7) is 0. The van der Waals surface area contributed by atoms with Gasteiger partial charge in [-0.05, 0) is 35.9 Å². The normalized spacial score (nSPS) is 10.5. The molecule has 0 bridgehead atoms. The minimum absolute atomic E-state index is 0.864. The SMILES string of the molecule is Brc1cccc(-c2ccco2)c1-c1ccncc1. The molecule has 2 aromatic heterocycles. The van der Waals surface area contributed by atoms with Crippen LogP contribution < -0.4 is 0 Å². The smallest absolute Gasteiger partial charge is 0.134 e. The number of hydrogen-bond acceptors (Lipinski definition) is 2. The number of nitrogens with zero attached hydrogens (tertiary/aromatic N) is 1. The molecule has 0 saturated heterocycles. The minimum Gasteiger partial charge on any atom is -0.464 e. The summed E-state index contributed by atoms with van der Waals surface area (Å²) in [5, 5.41) is 0. The first-order valence-electron chi connectivity index (χ1n) is 5.59. The topological polar surface area (TPSA) is 26.0 Å². The van der Waals surface area contributed by atoms with E-state index in [9.17, 15) is 0 Å². The molecule has 0 saturated carbocycles. The highest BCUT2D eigenvalue weighted by Crippen LogP contribution is 2.37. The lowest BCUT2D eigenvalue weighted by molar-refractivity contribution is 0.582. The Kier molecular flexibility index (Phi) is 2.99. The number of pyridine rings is 1. The molecule has 0 fully saturated rings. The van der Waals surface area contributed by atoms with E-state index in [1.807, 2.05) is 36.4 Å². The lowest BCUT2D eigenvalue weighted by Crippen LogP contribution is -1.85. The highest BCUT2D eigenvalue weighted by atomic mass is 79.9. The molecule has 1 aromatic carbocycles. The fourth-order valence-electron chi connectivity index (χ4n) is 1.97. The van der Waals surface area contributed by atoms with Gasteiger partial charge in [0, 0.05) is 28.0 Å². The zero-order valence-electron chi connectivity index (χ0n) is 9.51. The van der Waals surface area contributed by atoms with Crippen molar-refractivity contribution in [3.05, 3.63) is 65.6 Å². The third-order valence-corrected chi connectivity index (χ3v) is 3.43. The molecule has 0 aliphatic heterocycles. The van der Waals surface area contributed by atoms with Crippen molar-refractivity contribution in [2.24, 2.45) is 0 Å². The van der Waals surface area contributed by atoms with Crippen LogP contribution in [-0.2, 0) is 0 Å². The number of halogens is 1. The molecule has 0 radical (unpaired) electrons. The molecule has 3 rings (SSSR count). The Balaban J connectivity index is 2.25. The molecule has 88 valence electrons. The third kappa shape index (κ3) is 1.97. The Hall–Kier alpha value is -1.87. The summed E-state index contributed by atoms with van der Waals surface area (Å²) in [5.74, 6) is 0.864. The van der Waals surface area contributed by atoms with E-state index < -0.39 is 0 Å². The van der Waals surface area contributed by atoms with Gasteiger partial charge in [-0.1, -0.05) is 28.1 Å². The summed E-state index contributed by atoms with van der Waals surface area (Å²) in [5.41, 5.74) is 3.30. The Morgan fingerprint density at radius 1 is 0.944 bits per heavy atom. The van der Waals surface area contributed by atoms with Gasteiger partial charge < -0.3 is 4.42 Å². The van der Waals surface area contributed by atoms with E-state index in [0.29, 0.717) is 0 Å². The fourth-order valence-corrected chi connectivity index (χ4v) is 2.57. The summed E-state index contributed by atoms with van der Waals surface area (Å²) in [7, 11) is 0. The molecular weight excluding hydrogens is 290 g/mol. The van der Waals surface area contributed by atoms with E-state index in [1.165, 1.54) is 0 Å². The quantitative estimate of drug-likeness (QED) is 0.681. The van der Waals surface area contributed by atoms with Gasteiger partial charge in [-0.2, -0.15) is 0 Å². The Bertz CT molecular complexity index is 648. The van der Waals surface area contributed by atoms with Gasteiger partial charge in [0.25, 0.3) is 0 Å². The Labute approximate surface area is 113 Å². The Morgan fingerprint density at radius 2 is 1.78 bits per heavy atom. The van der Waals surface area contributed by atoms with Crippen molar-refractivity contribution in [1.29, 1.82) is 0 Å². The molecule has 0 N–H and O–H groups in total. The molecule has 0 aliphatic carbocycles. The summed E-state index contributed by atoms with van der Waals surface area (Å²) in [6.07, 6.45) is 5.27. The lowest BCUT2D eigenvalue weighted by Gasteiger charge is -2.09. The number of hydrogen-bond donors (Lipinski definition) is 0. The minimum atomic E-state index is 0.864. The van der Waals surface area contributed by atoms with Crippen LogP contribution in [0.4, 0.5) is 0 Å². The van der Waals surface area contributed by atoms with Crippen molar-refractivity contribution in [1.82, 2.24) is 4.98 Å². The van der Waals surface area contributed by atoms with Gasteiger partial charge >= 0.3 is 0 Å². The van der Waals surface area contributed by atoms with E-state index >= 15 is 0 Å². The number of furan rings is 1. The average Bonchev–Trinajstić information content (AvgIpc) is 2.93. The summed E-state index contributed by atoms with van der Waals surface area (Å²) >= 11 is 3.61. The van der Waals surface area contributed by atoms with Crippen molar-refractivity contribution in [2.75, 3.05) is 0 Å². The maximum atomic E-state index is 5.50. The van der Waals surface area contributed by atoms with Crippen LogP contribution in [0.1, 0.15) is 0 Å². The first-order valence-corrected chi connectivity index (χ1v) is 6.38. The Morgan fingerprint density at radius 3 is 2.50 bits per heavy atom. The van der Waals surface area contributed by atoms with Crippen LogP contribution in [0, 0.1) is 0 Å². The monoisotopic (exact) mass is 299 g/mol. The van der Waals surface area contributed by atoms with Gasteiger partial charge in [0.1, 0.15) is 5.76 Å². The van der Waals surface area contributed by atoms with Crippen molar-refractivity contribution in [2.45, 2.75) is 0 Å². The number of aromatic nitrogens is 1. The molecule has 2 heterocycles. The van der Waals surface area contributed by atoms with Crippen LogP contribution in [0.2, 0.25) is 0 Å². The lowest BCUT2D eigenvalue weighted by atomic mass is 9.99. The second-order valence-electron chi connectivity index (χ2n) is 3.88. The molecule has 0 spiro atoms. The highest BCUT2D eigenvalue weighted by Gasteiger charge is 2.12. The summed E-state index contributed by atoms with van der Waals surface area (Å²) < 4.78 is 6.54. The molecule has 0 atom stereocenters. The third-order valence-electron chi connectivity index (χ3n) is 2.77. The van der Waals surface area contributed by atoms with E-state index in [2.05, 4.69) is 27.0 Å². The zero-order valence-corrected chi connectivity index (χ0v) is 11.1. The van der Waals surface area contributed by atoms with Crippen LogP contribution in [0.5, 0.6) is 0 Å². The average molecular weight is 300 g/mol. The molecule has 2 nitrogen and oxygen atoms in total. The van der Waals surface area contributed by atoms with Gasteiger partial charge in [-0.15, -0.1) is 0 Å².